The van der Waals surface area contributed by atoms with Gasteiger partial charge in [0.2, 0.25) is 5.90 Å². The molecule has 0 radical (unpaired) electrons. The zero-order valence-electron chi connectivity index (χ0n) is 11.7. The van der Waals surface area contributed by atoms with E-state index in [0.717, 1.165) is 21.3 Å². The van der Waals surface area contributed by atoms with Gasteiger partial charge < -0.3 is 9.47 Å². The standard InChI is InChI=1S/C17H12BrNO3/c1-21-13-8-7-12(14(18)10-13)9-15-17(20)22-16(19-15)11-5-3-2-4-6-11/h2-10H,1H3/b15-9-. The van der Waals surface area contributed by atoms with Crippen molar-refractivity contribution in [3.05, 3.63) is 69.8 Å². The van der Waals surface area contributed by atoms with Gasteiger partial charge >= 0.3 is 5.97 Å². The topological polar surface area (TPSA) is 47.9 Å². The van der Waals surface area contributed by atoms with E-state index in [1.165, 1.54) is 0 Å². The normalized spacial score (nSPS) is 15.6. The van der Waals surface area contributed by atoms with Crippen molar-refractivity contribution < 1.29 is 14.3 Å². The minimum Gasteiger partial charge on any atom is -0.497 e. The molecule has 0 aliphatic carbocycles. The Morgan fingerprint density at radius 3 is 2.64 bits per heavy atom. The zero-order chi connectivity index (χ0) is 15.5. The van der Waals surface area contributed by atoms with Crippen LogP contribution in [0.2, 0.25) is 0 Å². The van der Waals surface area contributed by atoms with Crippen LogP contribution in [0, 0.1) is 0 Å². The number of benzene rings is 2. The minimum absolute atomic E-state index is 0.268. The predicted octanol–water partition coefficient (Wildman–Crippen LogP) is 3.80. The van der Waals surface area contributed by atoms with E-state index < -0.39 is 5.97 Å². The fraction of sp³-hybridized carbons (Fsp3) is 0.0588. The van der Waals surface area contributed by atoms with Gasteiger partial charge in [-0.15, -0.1) is 0 Å². The number of rotatable bonds is 3. The van der Waals surface area contributed by atoms with Crippen LogP contribution in [0.15, 0.2) is 63.7 Å². The van der Waals surface area contributed by atoms with E-state index in [1.807, 2.05) is 48.5 Å². The molecule has 110 valence electrons. The molecule has 0 unspecified atom stereocenters. The highest BCUT2D eigenvalue weighted by Gasteiger charge is 2.24. The van der Waals surface area contributed by atoms with Crippen LogP contribution >= 0.6 is 15.9 Å². The molecule has 0 spiro atoms. The molecule has 5 heteroatoms. The largest absolute Gasteiger partial charge is 0.497 e. The first-order chi connectivity index (χ1) is 10.7. The maximum absolute atomic E-state index is 12.0. The molecule has 0 saturated heterocycles. The number of carbonyl (C=O) groups excluding carboxylic acids is 1. The van der Waals surface area contributed by atoms with E-state index in [9.17, 15) is 4.79 Å². The quantitative estimate of drug-likeness (QED) is 0.619. The van der Waals surface area contributed by atoms with Gasteiger partial charge in [-0.05, 0) is 35.9 Å². The Hall–Kier alpha value is -2.40. The van der Waals surface area contributed by atoms with Crippen LogP contribution in [0.4, 0.5) is 0 Å². The van der Waals surface area contributed by atoms with Crippen molar-refractivity contribution in [3.63, 3.8) is 0 Å². The molecule has 4 nitrogen and oxygen atoms in total. The second-order valence-electron chi connectivity index (χ2n) is 4.59. The van der Waals surface area contributed by atoms with Crippen molar-refractivity contribution >= 4 is 33.9 Å². The molecule has 22 heavy (non-hydrogen) atoms. The van der Waals surface area contributed by atoms with E-state index in [4.69, 9.17) is 9.47 Å². The Balaban J connectivity index is 1.94. The molecule has 1 heterocycles. The Bertz CT molecular complexity index is 782. The van der Waals surface area contributed by atoms with Gasteiger partial charge in [0.1, 0.15) is 5.75 Å². The summed E-state index contributed by atoms with van der Waals surface area (Å²) < 4.78 is 11.2. The fourth-order valence-corrected chi connectivity index (χ4v) is 2.48. The lowest BCUT2D eigenvalue weighted by molar-refractivity contribution is -0.129. The Kier molecular flexibility index (Phi) is 4.06. The van der Waals surface area contributed by atoms with E-state index in [1.54, 1.807) is 13.2 Å². The molecule has 1 aliphatic rings. The van der Waals surface area contributed by atoms with Crippen molar-refractivity contribution in [1.29, 1.82) is 0 Å². The minimum atomic E-state index is -0.457. The van der Waals surface area contributed by atoms with Crippen LogP contribution in [-0.2, 0) is 9.53 Å². The summed E-state index contributed by atoms with van der Waals surface area (Å²) in [5.74, 6) is 0.597. The zero-order valence-corrected chi connectivity index (χ0v) is 13.3. The summed E-state index contributed by atoms with van der Waals surface area (Å²) >= 11 is 3.45. The van der Waals surface area contributed by atoms with Crippen LogP contribution in [-0.4, -0.2) is 19.0 Å². The lowest BCUT2D eigenvalue weighted by atomic mass is 10.2. The van der Waals surface area contributed by atoms with E-state index >= 15 is 0 Å². The number of hydrogen-bond acceptors (Lipinski definition) is 4. The summed E-state index contributed by atoms with van der Waals surface area (Å²) in [5, 5.41) is 0. The highest BCUT2D eigenvalue weighted by molar-refractivity contribution is 9.10. The van der Waals surface area contributed by atoms with Gasteiger partial charge in [-0.25, -0.2) is 9.79 Å². The number of methoxy groups -OCH3 is 1. The SMILES string of the molecule is COc1ccc(/C=C2\N=C(c3ccccc3)OC2=O)c(Br)c1. The van der Waals surface area contributed by atoms with Crippen LogP contribution in [0.1, 0.15) is 11.1 Å². The first kappa shape index (κ1) is 14.5. The number of ether oxygens (including phenoxy) is 2. The molecule has 0 bridgehead atoms. The molecule has 0 amide bonds. The second kappa shape index (κ2) is 6.15. The van der Waals surface area contributed by atoms with Gasteiger partial charge in [0.25, 0.3) is 0 Å². The summed E-state index contributed by atoms with van der Waals surface area (Å²) in [4.78, 5) is 16.2. The van der Waals surface area contributed by atoms with Crippen molar-refractivity contribution in [2.45, 2.75) is 0 Å². The summed E-state index contributed by atoms with van der Waals surface area (Å²) in [6, 6.07) is 14.8. The van der Waals surface area contributed by atoms with Crippen LogP contribution < -0.4 is 4.74 Å². The van der Waals surface area contributed by atoms with Crippen molar-refractivity contribution in [2.24, 2.45) is 4.99 Å². The number of cyclic esters (lactones) is 1. The van der Waals surface area contributed by atoms with E-state index in [-0.39, 0.29) is 5.70 Å². The molecule has 3 rings (SSSR count). The third-order valence-corrected chi connectivity index (χ3v) is 3.83. The first-order valence-corrected chi connectivity index (χ1v) is 7.38. The highest BCUT2D eigenvalue weighted by Crippen LogP contribution is 2.26. The molecule has 2 aromatic carbocycles. The Morgan fingerprint density at radius 2 is 1.95 bits per heavy atom. The van der Waals surface area contributed by atoms with Crippen molar-refractivity contribution in [3.8, 4) is 5.75 Å². The average Bonchev–Trinajstić information content (AvgIpc) is 2.91. The second-order valence-corrected chi connectivity index (χ2v) is 5.44. The lowest BCUT2D eigenvalue weighted by Crippen LogP contribution is -2.04. The summed E-state index contributed by atoms with van der Waals surface area (Å²) in [7, 11) is 1.60. The summed E-state index contributed by atoms with van der Waals surface area (Å²) in [5.41, 5.74) is 1.86. The number of esters is 1. The Morgan fingerprint density at radius 1 is 1.18 bits per heavy atom. The number of nitrogens with zero attached hydrogens (tertiary/aromatic N) is 1. The number of aliphatic imine (C=N–C) groups is 1. The maximum Gasteiger partial charge on any atom is 0.363 e. The molecular formula is C17H12BrNO3. The predicted molar refractivity (Wildman–Crippen MR) is 87.7 cm³/mol. The molecule has 0 aromatic heterocycles. The fourth-order valence-electron chi connectivity index (χ4n) is 2.01. The number of halogens is 1. The van der Waals surface area contributed by atoms with E-state index in [2.05, 4.69) is 20.9 Å². The first-order valence-electron chi connectivity index (χ1n) is 6.59. The molecule has 1 aliphatic heterocycles. The maximum atomic E-state index is 12.0. The third-order valence-electron chi connectivity index (χ3n) is 3.14. The molecule has 0 fully saturated rings. The van der Waals surface area contributed by atoms with Crippen LogP contribution in [0.3, 0.4) is 0 Å². The number of carbonyl (C=O) groups is 1. The molecular weight excluding hydrogens is 346 g/mol. The number of hydrogen-bond donors (Lipinski definition) is 0. The Labute approximate surface area is 136 Å². The van der Waals surface area contributed by atoms with Gasteiger partial charge in [-0.2, -0.15) is 0 Å². The summed E-state index contributed by atoms with van der Waals surface area (Å²) in [6.07, 6.45) is 1.68. The summed E-state index contributed by atoms with van der Waals surface area (Å²) in [6.45, 7) is 0. The smallest absolute Gasteiger partial charge is 0.363 e. The van der Waals surface area contributed by atoms with Gasteiger partial charge in [-0.3, -0.25) is 0 Å². The van der Waals surface area contributed by atoms with E-state index in [0.29, 0.717) is 5.90 Å². The lowest BCUT2D eigenvalue weighted by Gasteiger charge is -2.03. The molecule has 0 saturated carbocycles. The van der Waals surface area contributed by atoms with Gasteiger partial charge in [0, 0.05) is 10.0 Å². The average molecular weight is 358 g/mol. The third kappa shape index (κ3) is 2.94. The molecule has 0 N–H and O–H groups in total. The monoisotopic (exact) mass is 357 g/mol. The van der Waals surface area contributed by atoms with Crippen LogP contribution in [0.25, 0.3) is 6.08 Å². The molecule has 2 aromatic rings. The van der Waals surface area contributed by atoms with Crippen LogP contribution in [0.5, 0.6) is 5.75 Å². The molecule has 0 atom stereocenters. The van der Waals surface area contributed by atoms with Gasteiger partial charge in [0.15, 0.2) is 5.70 Å². The van der Waals surface area contributed by atoms with Crippen molar-refractivity contribution in [1.82, 2.24) is 0 Å². The van der Waals surface area contributed by atoms with Gasteiger partial charge in [0.05, 0.1) is 7.11 Å². The highest BCUT2D eigenvalue weighted by atomic mass is 79.9. The van der Waals surface area contributed by atoms with Crippen molar-refractivity contribution in [2.75, 3.05) is 7.11 Å². The van der Waals surface area contributed by atoms with Gasteiger partial charge in [-0.1, -0.05) is 40.2 Å².